The standard InChI is InChI=1S/C22H25NO5/c1-14-9-10-15(2)19(11-14)21(25)17-7-5-6-8-18(17)22(26)28-13-20(24)23-16(3)12-27-4/h5-11,16H,12-13H2,1-4H3,(H,23,24). The van der Waals surface area contributed by atoms with E-state index >= 15 is 0 Å². The number of ketones is 1. The summed E-state index contributed by atoms with van der Waals surface area (Å²) in [4.78, 5) is 37.4. The summed E-state index contributed by atoms with van der Waals surface area (Å²) in [5, 5.41) is 2.66. The Hall–Kier alpha value is -2.99. The lowest BCUT2D eigenvalue weighted by Gasteiger charge is -2.13. The number of hydrogen-bond donors (Lipinski definition) is 1. The van der Waals surface area contributed by atoms with E-state index in [1.807, 2.05) is 26.0 Å². The molecule has 2 aromatic rings. The first-order valence-electron chi connectivity index (χ1n) is 9.00. The molecule has 1 unspecified atom stereocenters. The third-order valence-corrected chi connectivity index (χ3v) is 4.19. The van der Waals surface area contributed by atoms with E-state index in [2.05, 4.69) is 5.32 Å². The van der Waals surface area contributed by atoms with Gasteiger partial charge in [-0.1, -0.05) is 35.9 Å². The lowest BCUT2D eigenvalue weighted by molar-refractivity contribution is -0.125. The van der Waals surface area contributed by atoms with Gasteiger partial charge >= 0.3 is 5.97 Å². The van der Waals surface area contributed by atoms with Crippen molar-refractivity contribution in [3.63, 3.8) is 0 Å². The molecular formula is C22H25NO5. The Morgan fingerprint density at radius 1 is 1.00 bits per heavy atom. The van der Waals surface area contributed by atoms with Crippen LogP contribution in [0.2, 0.25) is 0 Å². The van der Waals surface area contributed by atoms with Crippen LogP contribution in [-0.2, 0) is 14.3 Å². The van der Waals surface area contributed by atoms with Crippen molar-refractivity contribution in [1.82, 2.24) is 5.32 Å². The second-order valence-electron chi connectivity index (χ2n) is 6.69. The van der Waals surface area contributed by atoms with Crippen LogP contribution in [0.15, 0.2) is 42.5 Å². The minimum absolute atomic E-state index is 0.131. The molecule has 0 bridgehead atoms. The zero-order valence-corrected chi connectivity index (χ0v) is 16.6. The van der Waals surface area contributed by atoms with Gasteiger partial charge in [-0.15, -0.1) is 0 Å². The molecule has 1 N–H and O–H groups in total. The summed E-state index contributed by atoms with van der Waals surface area (Å²) < 4.78 is 10.0. The molecule has 0 saturated carbocycles. The van der Waals surface area contributed by atoms with Gasteiger partial charge in [-0.2, -0.15) is 0 Å². The molecule has 0 heterocycles. The van der Waals surface area contributed by atoms with E-state index < -0.39 is 18.5 Å². The molecule has 0 saturated heterocycles. The van der Waals surface area contributed by atoms with Crippen LogP contribution < -0.4 is 5.32 Å². The van der Waals surface area contributed by atoms with Crippen LogP contribution in [0, 0.1) is 13.8 Å². The lowest BCUT2D eigenvalue weighted by Crippen LogP contribution is -2.38. The highest BCUT2D eigenvalue weighted by Crippen LogP contribution is 2.19. The molecular weight excluding hydrogens is 358 g/mol. The average Bonchev–Trinajstić information content (AvgIpc) is 2.67. The fourth-order valence-corrected chi connectivity index (χ4v) is 2.80. The van der Waals surface area contributed by atoms with Gasteiger partial charge in [0, 0.05) is 24.3 Å². The van der Waals surface area contributed by atoms with Gasteiger partial charge in [0.1, 0.15) is 0 Å². The van der Waals surface area contributed by atoms with Gasteiger partial charge < -0.3 is 14.8 Å². The molecule has 0 aliphatic rings. The van der Waals surface area contributed by atoms with Crippen LogP contribution in [0.5, 0.6) is 0 Å². The van der Waals surface area contributed by atoms with Gasteiger partial charge in [0.05, 0.1) is 12.2 Å². The van der Waals surface area contributed by atoms with E-state index in [-0.39, 0.29) is 23.0 Å². The highest BCUT2D eigenvalue weighted by atomic mass is 16.5. The van der Waals surface area contributed by atoms with Crippen LogP contribution in [0.1, 0.15) is 44.3 Å². The largest absolute Gasteiger partial charge is 0.452 e. The molecule has 1 amide bonds. The Labute approximate surface area is 164 Å². The van der Waals surface area contributed by atoms with Crippen LogP contribution in [0.3, 0.4) is 0 Å². The van der Waals surface area contributed by atoms with Crippen LogP contribution in [0.25, 0.3) is 0 Å². The van der Waals surface area contributed by atoms with Crippen molar-refractivity contribution in [2.45, 2.75) is 26.8 Å². The van der Waals surface area contributed by atoms with Crippen molar-refractivity contribution in [2.24, 2.45) is 0 Å². The number of nitrogens with one attached hydrogen (secondary N) is 1. The highest BCUT2D eigenvalue weighted by Gasteiger charge is 2.21. The fraction of sp³-hybridized carbons (Fsp3) is 0.318. The van der Waals surface area contributed by atoms with Gasteiger partial charge in [0.25, 0.3) is 5.91 Å². The smallest absolute Gasteiger partial charge is 0.339 e. The van der Waals surface area contributed by atoms with Gasteiger partial charge in [-0.25, -0.2) is 4.79 Å². The third kappa shape index (κ3) is 5.50. The molecule has 0 fully saturated rings. The molecule has 2 rings (SSSR count). The number of rotatable bonds is 8. The number of esters is 1. The third-order valence-electron chi connectivity index (χ3n) is 4.19. The minimum Gasteiger partial charge on any atom is -0.452 e. The Bertz CT molecular complexity index is 875. The van der Waals surface area contributed by atoms with Crippen molar-refractivity contribution in [1.29, 1.82) is 0 Å². The van der Waals surface area contributed by atoms with E-state index in [1.54, 1.807) is 31.2 Å². The fourth-order valence-electron chi connectivity index (χ4n) is 2.80. The molecule has 6 nitrogen and oxygen atoms in total. The first kappa shape index (κ1) is 21.3. The summed E-state index contributed by atoms with van der Waals surface area (Å²) in [7, 11) is 1.53. The van der Waals surface area contributed by atoms with E-state index in [0.717, 1.165) is 11.1 Å². The van der Waals surface area contributed by atoms with Gasteiger partial charge in [0.2, 0.25) is 0 Å². The van der Waals surface area contributed by atoms with Crippen LogP contribution in [-0.4, -0.2) is 44.0 Å². The molecule has 0 radical (unpaired) electrons. The zero-order valence-electron chi connectivity index (χ0n) is 16.6. The molecule has 6 heteroatoms. The van der Waals surface area contributed by atoms with Crippen LogP contribution >= 0.6 is 0 Å². The molecule has 0 aromatic heterocycles. The number of methoxy groups -OCH3 is 1. The van der Waals surface area contributed by atoms with E-state index in [1.165, 1.54) is 13.2 Å². The average molecular weight is 383 g/mol. The number of ether oxygens (including phenoxy) is 2. The number of carbonyl (C=O) groups is 3. The second kappa shape index (κ2) is 9.80. The predicted molar refractivity (Wildman–Crippen MR) is 106 cm³/mol. The topological polar surface area (TPSA) is 81.7 Å². The molecule has 2 aromatic carbocycles. The molecule has 0 aliphatic heterocycles. The quantitative estimate of drug-likeness (QED) is 0.560. The van der Waals surface area contributed by atoms with E-state index in [0.29, 0.717) is 12.2 Å². The Kier molecular flexibility index (Phi) is 7.46. The summed E-state index contributed by atoms with van der Waals surface area (Å²) in [6.45, 7) is 5.45. The summed E-state index contributed by atoms with van der Waals surface area (Å²) in [5.41, 5.74) is 2.69. The van der Waals surface area contributed by atoms with Gasteiger partial charge in [-0.3, -0.25) is 9.59 Å². The SMILES string of the molecule is COCC(C)NC(=O)COC(=O)c1ccccc1C(=O)c1cc(C)ccc1C. The first-order chi connectivity index (χ1) is 13.3. The van der Waals surface area contributed by atoms with Gasteiger partial charge in [0.15, 0.2) is 12.4 Å². The first-order valence-corrected chi connectivity index (χ1v) is 9.00. The van der Waals surface area contributed by atoms with Crippen molar-refractivity contribution in [3.8, 4) is 0 Å². The Morgan fingerprint density at radius 3 is 2.36 bits per heavy atom. The van der Waals surface area contributed by atoms with E-state index in [9.17, 15) is 14.4 Å². The van der Waals surface area contributed by atoms with Crippen molar-refractivity contribution >= 4 is 17.7 Å². The number of benzene rings is 2. The van der Waals surface area contributed by atoms with Crippen molar-refractivity contribution in [2.75, 3.05) is 20.3 Å². The number of carbonyl (C=O) groups excluding carboxylic acids is 3. The van der Waals surface area contributed by atoms with Crippen LogP contribution in [0.4, 0.5) is 0 Å². The summed E-state index contributed by atoms with van der Waals surface area (Å²) >= 11 is 0. The monoisotopic (exact) mass is 383 g/mol. The molecule has 0 aliphatic carbocycles. The Morgan fingerprint density at radius 2 is 1.68 bits per heavy atom. The van der Waals surface area contributed by atoms with Gasteiger partial charge in [-0.05, 0) is 38.5 Å². The summed E-state index contributed by atoms with van der Waals surface area (Å²) in [6.07, 6.45) is 0. The van der Waals surface area contributed by atoms with Crippen molar-refractivity contribution in [3.05, 3.63) is 70.3 Å². The van der Waals surface area contributed by atoms with E-state index in [4.69, 9.17) is 9.47 Å². The lowest BCUT2D eigenvalue weighted by atomic mass is 9.94. The maximum absolute atomic E-state index is 13.0. The predicted octanol–water partition coefficient (Wildman–Crippen LogP) is 2.84. The molecule has 0 spiro atoms. The summed E-state index contributed by atoms with van der Waals surface area (Å²) in [5.74, 6) is -1.41. The number of amides is 1. The minimum atomic E-state index is -0.719. The Balaban J connectivity index is 2.15. The molecule has 1 atom stereocenters. The number of hydrogen-bond acceptors (Lipinski definition) is 5. The normalized spacial score (nSPS) is 11.6. The second-order valence-corrected chi connectivity index (χ2v) is 6.69. The van der Waals surface area contributed by atoms with Crippen molar-refractivity contribution < 1.29 is 23.9 Å². The summed E-state index contributed by atoms with van der Waals surface area (Å²) in [6, 6.07) is 11.8. The maximum atomic E-state index is 13.0. The number of aryl methyl sites for hydroxylation is 2. The maximum Gasteiger partial charge on any atom is 0.339 e. The zero-order chi connectivity index (χ0) is 20.7. The highest BCUT2D eigenvalue weighted by molar-refractivity contribution is 6.15. The molecule has 28 heavy (non-hydrogen) atoms. The molecule has 148 valence electrons.